The lowest BCUT2D eigenvalue weighted by Gasteiger charge is -2.20. The molecule has 1 atom stereocenters. The van der Waals surface area contributed by atoms with Gasteiger partial charge in [-0.1, -0.05) is 18.2 Å². The molecular formula is C16H26N2O. The molecule has 0 aliphatic carbocycles. The normalized spacial score (nSPS) is 18.2. The van der Waals surface area contributed by atoms with Crippen molar-refractivity contribution in [2.45, 2.75) is 38.6 Å². The average molecular weight is 262 g/mol. The Bertz CT molecular complexity index is 398. The third kappa shape index (κ3) is 4.51. The molecule has 0 spiro atoms. The SMILES string of the molecule is CC(C)(C)NCCCNCC1COc2ccccc21. The molecule has 0 saturated heterocycles. The van der Waals surface area contributed by atoms with Crippen LogP contribution in [-0.2, 0) is 0 Å². The largest absolute Gasteiger partial charge is 0.493 e. The first kappa shape index (κ1) is 14.4. The van der Waals surface area contributed by atoms with E-state index in [0.29, 0.717) is 5.92 Å². The zero-order chi connectivity index (χ0) is 13.7. The summed E-state index contributed by atoms with van der Waals surface area (Å²) in [5.74, 6) is 1.57. The summed E-state index contributed by atoms with van der Waals surface area (Å²) in [6.45, 7) is 10.5. The number of para-hydroxylation sites is 1. The van der Waals surface area contributed by atoms with Crippen LogP contribution in [0.25, 0.3) is 0 Å². The van der Waals surface area contributed by atoms with Crippen LogP contribution in [0.15, 0.2) is 24.3 Å². The Morgan fingerprint density at radius 3 is 2.79 bits per heavy atom. The second-order valence-electron chi connectivity index (χ2n) is 6.28. The van der Waals surface area contributed by atoms with Gasteiger partial charge in [-0.15, -0.1) is 0 Å². The van der Waals surface area contributed by atoms with Crippen LogP contribution >= 0.6 is 0 Å². The van der Waals surface area contributed by atoms with Gasteiger partial charge in [0.1, 0.15) is 5.75 Å². The lowest BCUT2D eigenvalue weighted by molar-refractivity contribution is 0.326. The minimum Gasteiger partial charge on any atom is -0.493 e. The highest BCUT2D eigenvalue weighted by Crippen LogP contribution is 2.32. The Morgan fingerprint density at radius 1 is 1.21 bits per heavy atom. The Kier molecular flexibility index (Phi) is 4.83. The van der Waals surface area contributed by atoms with E-state index < -0.39 is 0 Å². The molecule has 1 unspecified atom stereocenters. The molecule has 106 valence electrons. The molecule has 3 heteroatoms. The molecule has 1 aliphatic rings. The van der Waals surface area contributed by atoms with Crippen LogP contribution in [0.5, 0.6) is 5.75 Å². The van der Waals surface area contributed by atoms with Crippen molar-refractivity contribution >= 4 is 0 Å². The van der Waals surface area contributed by atoms with Crippen LogP contribution in [0.2, 0.25) is 0 Å². The van der Waals surface area contributed by atoms with Gasteiger partial charge in [0.25, 0.3) is 0 Å². The molecule has 0 saturated carbocycles. The third-order valence-corrected chi connectivity index (χ3v) is 3.38. The molecule has 19 heavy (non-hydrogen) atoms. The first-order chi connectivity index (χ1) is 9.06. The summed E-state index contributed by atoms with van der Waals surface area (Å²) in [6.07, 6.45) is 1.16. The van der Waals surface area contributed by atoms with Crippen LogP contribution in [0.3, 0.4) is 0 Å². The fraction of sp³-hybridized carbons (Fsp3) is 0.625. The van der Waals surface area contributed by atoms with Crippen molar-refractivity contribution in [2.75, 3.05) is 26.2 Å². The summed E-state index contributed by atoms with van der Waals surface area (Å²) < 4.78 is 5.68. The van der Waals surface area contributed by atoms with Gasteiger partial charge >= 0.3 is 0 Å². The highest BCUT2D eigenvalue weighted by molar-refractivity contribution is 5.39. The number of rotatable bonds is 6. The van der Waals surface area contributed by atoms with Gasteiger partial charge in [-0.2, -0.15) is 0 Å². The van der Waals surface area contributed by atoms with Gasteiger partial charge in [-0.25, -0.2) is 0 Å². The second kappa shape index (κ2) is 6.40. The highest BCUT2D eigenvalue weighted by atomic mass is 16.5. The van der Waals surface area contributed by atoms with Gasteiger partial charge in [0.05, 0.1) is 6.61 Å². The van der Waals surface area contributed by atoms with Crippen LogP contribution < -0.4 is 15.4 Å². The van der Waals surface area contributed by atoms with E-state index in [9.17, 15) is 0 Å². The lowest BCUT2D eigenvalue weighted by Crippen LogP contribution is -2.37. The molecule has 0 radical (unpaired) electrons. The molecule has 1 heterocycles. The Morgan fingerprint density at radius 2 is 2.00 bits per heavy atom. The van der Waals surface area contributed by atoms with Crippen LogP contribution in [0.1, 0.15) is 38.7 Å². The molecule has 1 aromatic rings. The fourth-order valence-electron chi connectivity index (χ4n) is 2.35. The van der Waals surface area contributed by atoms with Crippen LogP contribution in [0, 0.1) is 0 Å². The summed E-state index contributed by atoms with van der Waals surface area (Å²) in [5.41, 5.74) is 1.57. The molecule has 2 N–H and O–H groups in total. The van der Waals surface area contributed by atoms with Gasteiger partial charge < -0.3 is 15.4 Å². The standard InChI is InChI=1S/C16H26N2O/c1-16(2,3)18-10-6-9-17-11-13-12-19-15-8-5-4-7-14(13)15/h4-5,7-8,13,17-18H,6,9-12H2,1-3H3. The summed E-state index contributed by atoms with van der Waals surface area (Å²) in [5, 5.41) is 7.04. The van der Waals surface area contributed by atoms with Gasteiger partial charge in [0.15, 0.2) is 0 Å². The first-order valence-electron chi connectivity index (χ1n) is 7.24. The smallest absolute Gasteiger partial charge is 0.122 e. The van der Waals surface area contributed by atoms with Crippen LogP contribution in [-0.4, -0.2) is 31.8 Å². The first-order valence-corrected chi connectivity index (χ1v) is 7.24. The number of nitrogens with one attached hydrogen (secondary N) is 2. The Hall–Kier alpha value is -1.06. The Labute approximate surface area is 116 Å². The fourth-order valence-corrected chi connectivity index (χ4v) is 2.35. The monoisotopic (exact) mass is 262 g/mol. The molecule has 3 nitrogen and oxygen atoms in total. The van der Waals surface area contributed by atoms with E-state index in [1.165, 1.54) is 5.56 Å². The van der Waals surface area contributed by atoms with E-state index in [-0.39, 0.29) is 5.54 Å². The van der Waals surface area contributed by atoms with E-state index in [0.717, 1.165) is 38.4 Å². The topological polar surface area (TPSA) is 33.3 Å². The highest BCUT2D eigenvalue weighted by Gasteiger charge is 2.22. The summed E-state index contributed by atoms with van der Waals surface area (Å²) >= 11 is 0. The van der Waals surface area contributed by atoms with E-state index in [1.54, 1.807) is 0 Å². The van der Waals surface area contributed by atoms with Crippen molar-refractivity contribution in [3.63, 3.8) is 0 Å². The molecule has 1 aliphatic heterocycles. The third-order valence-electron chi connectivity index (χ3n) is 3.38. The zero-order valence-electron chi connectivity index (χ0n) is 12.3. The second-order valence-corrected chi connectivity index (χ2v) is 6.28. The van der Waals surface area contributed by atoms with Gasteiger partial charge in [0.2, 0.25) is 0 Å². The van der Waals surface area contributed by atoms with E-state index >= 15 is 0 Å². The van der Waals surface area contributed by atoms with Gasteiger partial charge in [-0.3, -0.25) is 0 Å². The van der Waals surface area contributed by atoms with Crippen molar-refractivity contribution in [3.05, 3.63) is 29.8 Å². The zero-order valence-corrected chi connectivity index (χ0v) is 12.3. The van der Waals surface area contributed by atoms with Crippen molar-refractivity contribution in [1.82, 2.24) is 10.6 Å². The predicted molar refractivity (Wildman–Crippen MR) is 79.9 cm³/mol. The average Bonchev–Trinajstić information content (AvgIpc) is 2.76. The van der Waals surface area contributed by atoms with Crippen LogP contribution in [0.4, 0.5) is 0 Å². The van der Waals surface area contributed by atoms with Crippen molar-refractivity contribution in [1.29, 1.82) is 0 Å². The molecule has 1 aromatic carbocycles. The van der Waals surface area contributed by atoms with Gasteiger partial charge in [-0.05, 0) is 46.3 Å². The quantitative estimate of drug-likeness (QED) is 0.773. The maximum Gasteiger partial charge on any atom is 0.122 e. The number of fused-ring (bicyclic) bond motifs is 1. The Balaban J connectivity index is 1.63. The number of hydrogen-bond acceptors (Lipinski definition) is 3. The van der Waals surface area contributed by atoms with Crippen molar-refractivity contribution in [2.24, 2.45) is 0 Å². The minimum absolute atomic E-state index is 0.220. The number of ether oxygens (including phenoxy) is 1. The molecular weight excluding hydrogens is 236 g/mol. The van der Waals surface area contributed by atoms with Crippen molar-refractivity contribution in [3.8, 4) is 5.75 Å². The molecule has 2 rings (SSSR count). The maximum atomic E-state index is 5.68. The number of benzene rings is 1. The lowest BCUT2D eigenvalue weighted by atomic mass is 10.0. The summed E-state index contributed by atoms with van der Waals surface area (Å²) in [7, 11) is 0. The molecule has 0 bridgehead atoms. The van der Waals surface area contributed by atoms with E-state index in [4.69, 9.17) is 4.74 Å². The molecule has 0 amide bonds. The van der Waals surface area contributed by atoms with Gasteiger partial charge in [0, 0.05) is 23.6 Å². The van der Waals surface area contributed by atoms with Crippen molar-refractivity contribution < 1.29 is 4.74 Å². The summed E-state index contributed by atoms with van der Waals surface area (Å²) in [6, 6.07) is 8.36. The molecule has 0 aromatic heterocycles. The van der Waals surface area contributed by atoms with E-state index in [2.05, 4.69) is 49.6 Å². The number of hydrogen-bond donors (Lipinski definition) is 2. The maximum absolute atomic E-state index is 5.68. The summed E-state index contributed by atoms with van der Waals surface area (Å²) in [4.78, 5) is 0. The molecule has 0 fully saturated rings. The predicted octanol–water partition coefficient (Wildman–Crippen LogP) is 2.53. The minimum atomic E-state index is 0.220. The van der Waals surface area contributed by atoms with E-state index in [1.807, 2.05) is 6.07 Å².